The first-order valence-corrected chi connectivity index (χ1v) is 8.22. The number of hydrogen-bond acceptors (Lipinski definition) is 5. The lowest BCUT2D eigenvalue weighted by Crippen LogP contribution is -2.39. The molecule has 2 N–H and O–H groups in total. The van der Waals surface area contributed by atoms with Crippen molar-refractivity contribution in [2.45, 2.75) is 50.8 Å². The molecule has 0 radical (unpaired) electrons. The van der Waals surface area contributed by atoms with Crippen molar-refractivity contribution < 1.29 is 17.6 Å². The first kappa shape index (κ1) is 15.5. The van der Waals surface area contributed by atoms with Crippen LogP contribution in [0.3, 0.4) is 0 Å². The van der Waals surface area contributed by atoms with Crippen molar-refractivity contribution in [1.82, 2.24) is 10.0 Å². The lowest BCUT2D eigenvalue weighted by Gasteiger charge is -2.16. The second-order valence-corrected chi connectivity index (χ2v) is 6.80. The van der Waals surface area contributed by atoms with Gasteiger partial charge in [-0.05, 0) is 34.2 Å². The van der Waals surface area contributed by atoms with Gasteiger partial charge in [-0.2, -0.15) is 0 Å². The summed E-state index contributed by atoms with van der Waals surface area (Å²) < 4.78 is 38.8. The topological polar surface area (TPSA) is 80.6 Å². The van der Waals surface area contributed by atoms with E-state index in [2.05, 4.69) is 10.0 Å². The van der Waals surface area contributed by atoms with Crippen molar-refractivity contribution in [3.63, 3.8) is 0 Å². The highest BCUT2D eigenvalue weighted by Crippen LogP contribution is 2.27. The minimum atomic E-state index is -3.60. The number of furan rings is 1. The molecule has 2 heterocycles. The lowest BCUT2D eigenvalue weighted by molar-refractivity contribution is 0.117. The molecule has 0 aromatic carbocycles. The SMILES string of the molecule is CNCc1c(C)oc(C)c1S(=O)(=O)NC1CCOC1C. The molecule has 20 heavy (non-hydrogen) atoms. The van der Waals surface area contributed by atoms with E-state index < -0.39 is 10.0 Å². The summed E-state index contributed by atoms with van der Waals surface area (Å²) in [4.78, 5) is 0.253. The number of ether oxygens (including phenoxy) is 1. The number of sulfonamides is 1. The fraction of sp³-hybridized carbons (Fsp3) is 0.692. The van der Waals surface area contributed by atoms with Crippen molar-refractivity contribution in [1.29, 1.82) is 0 Å². The van der Waals surface area contributed by atoms with E-state index >= 15 is 0 Å². The molecule has 1 saturated heterocycles. The molecule has 1 aliphatic rings. The molecular formula is C13H22N2O4S. The number of nitrogens with one attached hydrogen (secondary N) is 2. The highest BCUT2D eigenvalue weighted by Gasteiger charge is 2.33. The van der Waals surface area contributed by atoms with Crippen molar-refractivity contribution in [3.05, 3.63) is 17.1 Å². The molecule has 0 saturated carbocycles. The second-order valence-electron chi connectivity index (χ2n) is 5.14. The molecule has 0 aliphatic carbocycles. The van der Waals surface area contributed by atoms with Crippen molar-refractivity contribution in [3.8, 4) is 0 Å². The van der Waals surface area contributed by atoms with Crippen LogP contribution in [-0.4, -0.2) is 34.2 Å². The van der Waals surface area contributed by atoms with Gasteiger partial charge < -0.3 is 14.5 Å². The van der Waals surface area contributed by atoms with Gasteiger partial charge in [0.25, 0.3) is 0 Å². The maximum absolute atomic E-state index is 12.6. The maximum atomic E-state index is 12.6. The lowest BCUT2D eigenvalue weighted by atomic mass is 10.2. The minimum absolute atomic E-state index is 0.106. The Kier molecular flexibility index (Phi) is 4.53. The van der Waals surface area contributed by atoms with Crippen LogP contribution in [0.2, 0.25) is 0 Å². The van der Waals surface area contributed by atoms with E-state index in [0.29, 0.717) is 36.7 Å². The fourth-order valence-corrected chi connectivity index (χ4v) is 4.37. The van der Waals surface area contributed by atoms with E-state index in [1.165, 1.54) is 0 Å². The van der Waals surface area contributed by atoms with Gasteiger partial charge in [0.15, 0.2) is 0 Å². The Labute approximate surface area is 119 Å². The summed E-state index contributed by atoms with van der Waals surface area (Å²) >= 11 is 0. The molecule has 0 amide bonds. The van der Waals surface area contributed by atoms with Gasteiger partial charge in [0.2, 0.25) is 10.0 Å². The van der Waals surface area contributed by atoms with E-state index in [1.54, 1.807) is 20.9 Å². The summed E-state index contributed by atoms with van der Waals surface area (Å²) in [5.74, 6) is 1.06. The monoisotopic (exact) mass is 302 g/mol. The summed E-state index contributed by atoms with van der Waals surface area (Å²) in [6.45, 7) is 6.37. The highest BCUT2D eigenvalue weighted by molar-refractivity contribution is 7.89. The van der Waals surface area contributed by atoms with E-state index in [1.807, 2.05) is 6.92 Å². The molecule has 2 atom stereocenters. The molecular weight excluding hydrogens is 280 g/mol. The highest BCUT2D eigenvalue weighted by atomic mass is 32.2. The van der Waals surface area contributed by atoms with E-state index in [-0.39, 0.29) is 17.0 Å². The first-order chi connectivity index (χ1) is 9.36. The molecule has 2 rings (SSSR count). The van der Waals surface area contributed by atoms with Gasteiger partial charge >= 0.3 is 0 Å². The molecule has 0 bridgehead atoms. The molecule has 2 unspecified atom stereocenters. The number of rotatable bonds is 5. The second kappa shape index (κ2) is 5.85. The largest absolute Gasteiger partial charge is 0.465 e. The number of hydrogen-bond donors (Lipinski definition) is 2. The third-order valence-corrected chi connectivity index (χ3v) is 5.31. The van der Waals surface area contributed by atoms with Crippen LogP contribution in [-0.2, 0) is 21.3 Å². The van der Waals surface area contributed by atoms with Gasteiger partial charge in [0.1, 0.15) is 16.4 Å². The zero-order valence-electron chi connectivity index (χ0n) is 12.3. The molecule has 1 fully saturated rings. The van der Waals surface area contributed by atoms with Crippen LogP contribution >= 0.6 is 0 Å². The Morgan fingerprint density at radius 2 is 2.00 bits per heavy atom. The first-order valence-electron chi connectivity index (χ1n) is 6.74. The maximum Gasteiger partial charge on any atom is 0.244 e. The van der Waals surface area contributed by atoms with Gasteiger partial charge in [-0.25, -0.2) is 13.1 Å². The standard InChI is InChI=1S/C13H22N2O4S/c1-8-11(7-14-4)13(10(3)19-8)20(16,17)15-12-5-6-18-9(12)2/h9,12,14-15H,5-7H2,1-4H3. The van der Waals surface area contributed by atoms with E-state index in [0.717, 1.165) is 0 Å². The fourth-order valence-electron chi connectivity index (χ4n) is 2.59. The van der Waals surface area contributed by atoms with Crippen LogP contribution in [0.1, 0.15) is 30.4 Å². The third-order valence-electron chi connectivity index (χ3n) is 3.63. The number of aryl methyl sites for hydroxylation is 2. The molecule has 0 spiro atoms. The molecule has 6 nitrogen and oxygen atoms in total. The van der Waals surface area contributed by atoms with Gasteiger partial charge in [0, 0.05) is 18.7 Å². The van der Waals surface area contributed by atoms with Crippen LogP contribution in [0, 0.1) is 13.8 Å². The average Bonchev–Trinajstić information content (AvgIpc) is 2.85. The Balaban J connectivity index is 2.33. The summed E-state index contributed by atoms with van der Waals surface area (Å²) in [6, 6.07) is -0.183. The summed E-state index contributed by atoms with van der Waals surface area (Å²) in [5, 5.41) is 2.98. The van der Waals surface area contributed by atoms with E-state index in [9.17, 15) is 8.42 Å². The Bertz CT molecular complexity index is 579. The average molecular weight is 302 g/mol. The third kappa shape index (κ3) is 2.90. The van der Waals surface area contributed by atoms with Gasteiger partial charge in [-0.3, -0.25) is 0 Å². The zero-order chi connectivity index (χ0) is 14.9. The smallest absolute Gasteiger partial charge is 0.244 e. The zero-order valence-corrected chi connectivity index (χ0v) is 13.1. The van der Waals surface area contributed by atoms with Crippen molar-refractivity contribution in [2.75, 3.05) is 13.7 Å². The predicted octanol–water partition coefficient (Wildman–Crippen LogP) is 1.07. The minimum Gasteiger partial charge on any atom is -0.465 e. The van der Waals surface area contributed by atoms with Gasteiger partial charge in [-0.15, -0.1) is 0 Å². The Morgan fingerprint density at radius 1 is 1.30 bits per heavy atom. The summed E-state index contributed by atoms with van der Waals surface area (Å²) in [7, 11) is -1.83. The van der Waals surface area contributed by atoms with Crippen LogP contribution in [0.5, 0.6) is 0 Å². The van der Waals surface area contributed by atoms with Crippen molar-refractivity contribution >= 4 is 10.0 Å². The Morgan fingerprint density at radius 3 is 2.55 bits per heavy atom. The van der Waals surface area contributed by atoms with Crippen molar-refractivity contribution in [2.24, 2.45) is 0 Å². The molecule has 1 aliphatic heterocycles. The summed E-state index contributed by atoms with van der Waals surface area (Å²) in [5.41, 5.74) is 0.684. The van der Waals surface area contributed by atoms with Gasteiger partial charge in [-0.1, -0.05) is 0 Å². The van der Waals surface area contributed by atoms with Crippen LogP contribution in [0.25, 0.3) is 0 Å². The predicted molar refractivity (Wildman–Crippen MR) is 75.1 cm³/mol. The van der Waals surface area contributed by atoms with Crippen LogP contribution in [0.15, 0.2) is 9.31 Å². The van der Waals surface area contributed by atoms with Gasteiger partial charge in [0.05, 0.1) is 12.1 Å². The van der Waals surface area contributed by atoms with Crippen LogP contribution in [0.4, 0.5) is 0 Å². The van der Waals surface area contributed by atoms with E-state index in [4.69, 9.17) is 9.15 Å². The molecule has 1 aromatic heterocycles. The normalized spacial score (nSPS) is 23.4. The molecule has 114 valence electrons. The summed E-state index contributed by atoms with van der Waals surface area (Å²) in [6.07, 6.45) is 0.586. The molecule has 1 aromatic rings. The quantitative estimate of drug-likeness (QED) is 0.850. The Hall–Kier alpha value is -0.890. The van der Waals surface area contributed by atoms with Crippen LogP contribution < -0.4 is 10.0 Å². The molecule has 7 heteroatoms.